The van der Waals surface area contributed by atoms with Crippen LogP contribution in [-0.4, -0.2) is 15.8 Å². The van der Waals surface area contributed by atoms with Crippen molar-refractivity contribution in [2.24, 2.45) is 12.9 Å². The van der Waals surface area contributed by atoms with Crippen LogP contribution in [0.5, 0.6) is 0 Å². The topological polar surface area (TPSA) is 55.9 Å². The fourth-order valence-electron chi connectivity index (χ4n) is 3.45. The zero-order chi connectivity index (χ0) is 15.0. The molecule has 0 amide bonds. The van der Waals surface area contributed by atoms with E-state index in [4.69, 9.17) is 17.4 Å². The second kappa shape index (κ2) is 5.79. The molecule has 0 saturated carbocycles. The molecule has 1 aliphatic rings. The Bertz CT molecular complexity index is 650. The summed E-state index contributed by atoms with van der Waals surface area (Å²) in [5.41, 5.74) is 7.93. The number of nitrogens with one attached hydrogen (secondary N) is 1. The van der Waals surface area contributed by atoms with Gasteiger partial charge in [-0.15, -0.1) is 0 Å². The summed E-state index contributed by atoms with van der Waals surface area (Å²) in [6.07, 6.45) is 3.05. The highest BCUT2D eigenvalue weighted by Gasteiger charge is 2.30. The predicted octanol–water partition coefficient (Wildman–Crippen LogP) is 2.49. The smallest absolute Gasteiger partial charge is 0.130 e. The first-order valence-corrected chi connectivity index (χ1v) is 7.71. The molecule has 0 saturated heterocycles. The number of hydrazine groups is 1. The predicted molar refractivity (Wildman–Crippen MR) is 85.3 cm³/mol. The molecule has 4 nitrogen and oxygen atoms in total. The Hall–Kier alpha value is -1.36. The normalized spacial score (nSPS) is 18.8. The fourth-order valence-corrected chi connectivity index (χ4v) is 3.70. The molecule has 2 unspecified atom stereocenters. The highest BCUT2D eigenvalue weighted by Crippen LogP contribution is 2.37. The van der Waals surface area contributed by atoms with E-state index in [1.807, 2.05) is 14.0 Å². The summed E-state index contributed by atoms with van der Waals surface area (Å²) in [5.74, 6) is 6.28. The van der Waals surface area contributed by atoms with Gasteiger partial charge in [0.2, 0.25) is 0 Å². The van der Waals surface area contributed by atoms with Crippen LogP contribution in [0.1, 0.15) is 34.7 Å². The zero-order valence-corrected chi connectivity index (χ0v) is 13.2. The lowest BCUT2D eigenvalue weighted by atomic mass is 9.89. The van der Waals surface area contributed by atoms with Crippen LogP contribution in [0.25, 0.3) is 0 Å². The summed E-state index contributed by atoms with van der Waals surface area (Å²) in [7, 11) is 1.87. The van der Waals surface area contributed by atoms with Crippen LogP contribution >= 0.6 is 11.6 Å². The van der Waals surface area contributed by atoms with Crippen LogP contribution in [0, 0.1) is 6.92 Å². The van der Waals surface area contributed by atoms with Gasteiger partial charge in [-0.2, -0.15) is 5.10 Å². The van der Waals surface area contributed by atoms with E-state index in [2.05, 4.69) is 34.8 Å². The molecule has 0 aliphatic heterocycles. The maximum absolute atomic E-state index is 6.35. The van der Waals surface area contributed by atoms with Crippen molar-refractivity contribution in [1.29, 1.82) is 0 Å². The minimum atomic E-state index is 0.175. The van der Waals surface area contributed by atoms with E-state index < -0.39 is 0 Å². The molecule has 3 rings (SSSR count). The van der Waals surface area contributed by atoms with E-state index in [1.54, 1.807) is 4.68 Å². The van der Waals surface area contributed by atoms with Crippen molar-refractivity contribution in [3.63, 3.8) is 0 Å². The average Bonchev–Trinajstić information content (AvgIpc) is 3.00. The molecule has 1 aliphatic carbocycles. The second-order valence-electron chi connectivity index (χ2n) is 5.80. The minimum absolute atomic E-state index is 0.175. The van der Waals surface area contributed by atoms with Gasteiger partial charge in [-0.1, -0.05) is 35.9 Å². The first-order valence-electron chi connectivity index (χ1n) is 7.33. The van der Waals surface area contributed by atoms with Crippen molar-refractivity contribution in [2.75, 3.05) is 0 Å². The van der Waals surface area contributed by atoms with Crippen molar-refractivity contribution in [3.05, 3.63) is 51.8 Å². The van der Waals surface area contributed by atoms with Crippen LogP contribution in [0.4, 0.5) is 0 Å². The zero-order valence-electron chi connectivity index (χ0n) is 12.4. The van der Waals surface area contributed by atoms with Crippen LogP contribution in [0.15, 0.2) is 24.3 Å². The SMILES string of the molecule is Cc1nn(C)c(Cl)c1CC(NN)C1CCc2ccccc21. The Balaban J connectivity index is 1.87. The standard InChI is InChI=1S/C16H21ClN4/c1-10-14(16(17)21(2)20-10)9-15(19-18)13-8-7-11-5-3-4-6-12(11)13/h3-6,13,15,19H,7-9,18H2,1-2H3. The molecule has 5 heteroatoms. The second-order valence-corrected chi connectivity index (χ2v) is 6.16. The van der Waals surface area contributed by atoms with E-state index in [0.29, 0.717) is 11.1 Å². The van der Waals surface area contributed by atoms with Crippen molar-refractivity contribution in [3.8, 4) is 0 Å². The molecule has 112 valence electrons. The summed E-state index contributed by atoms with van der Waals surface area (Å²) >= 11 is 6.35. The molecular weight excluding hydrogens is 284 g/mol. The van der Waals surface area contributed by atoms with Gasteiger partial charge in [-0.05, 0) is 37.3 Å². The number of hydrogen-bond acceptors (Lipinski definition) is 3. The monoisotopic (exact) mass is 304 g/mol. The Kier molecular flexibility index (Phi) is 4.02. The summed E-state index contributed by atoms with van der Waals surface area (Å²) in [4.78, 5) is 0. The third kappa shape index (κ3) is 2.59. The minimum Gasteiger partial charge on any atom is -0.271 e. The molecule has 1 aromatic heterocycles. The summed E-state index contributed by atoms with van der Waals surface area (Å²) in [6, 6.07) is 8.82. The van der Waals surface area contributed by atoms with Gasteiger partial charge in [-0.25, -0.2) is 0 Å². The number of fused-ring (bicyclic) bond motifs is 1. The molecule has 0 fully saturated rings. The lowest BCUT2D eigenvalue weighted by Gasteiger charge is -2.24. The lowest BCUT2D eigenvalue weighted by Crippen LogP contribution is -2.41. The maximum Gasteiger partial charge on any atom is 0.130 e. The molecule has 1 aromatic carbocycles. The van der Waals surface area contributed by atoms with Gasteiger partial charge in [0.05, 0.1) is 5.69 Å². The molecule has 2 atom stereocenters. The number of rotatable bonds is 4. The number of aryl methyl sites for hydroxylation is 3. The van der Waals surface area contributed by atoms with Gasteiger partial charge in [-0.3, -0.25) is 16.0 Å². The average molecular weight is 305 g/mol. The first kappa shape index (κ1) is 14.6. The Morgan fingerprint density at radius 1 is 1.48 bits per heavy atom. The number of aromatic nitrogens is 2. The quantitative estimate of drug-likeness (QED) is 0.674. The largest absolute Gasteiger partial charge is 0.271 e. The van der Waals surface area contributed by atoms with Crippen LogP contribution < -0.4 is 11.3 Å². The summed E-state index contributed by atoms with van der Waals surface area (Å²) < 4.78 is 1.72. The summed E-state index contributed by atoms with van der Waals surface area (Å²) in [6.45, 7) is 2.00. The number of hydrogen-bond donors (Lipinski definition) is 2. The molecule has 0 spiro atoms. The van der Waals surface area contributed by atoms with E-state index in [1.165, 1.54) is 11.1 Å². The molecule has 3 N–H and O–H groups in total. The Morgan fingerprint density at radius 2 is 2.24 bits per heavy atom. The van der Waals surface area contributed by atoms with E-state index >= 15 is 0 Å². The van der Waals surface area contributed by atoms with E-state index in [-0.39, 0.29) is 6.04 Å². The van der Waals surface area contributed by atoms with Gasteiger partial charge in [0.1, 0.15) is 5.15 Å². The molecule has 0 bridgehead atoms. The van der Waals surface area contributed by atoms with E-state index in [0.717, 1.165) is 30.5 Å². The van der Waals surface area contributed by atoms with Crippen molar-refractivity contribution in [2.45, 2.75) is 38.1 Å². The van der Waals surface area contributed by atoms with Crippen LogP contribution in [0.2, 0.25) is 5.15 Å². The number of nitrogens with two attached hydrogens (primary N) is 1. The fraction of sp³-hybridized carbons (Fsp3) is 0.438. The number of halogens is 1. The van der Waals surface area contributed by atoms with Gasteiger partial charge in [0.25, 0.3) is 0 Å². The first-order chi connectivity index (χ1) is 10.1. The molecule has 0 radical (unpaired) electrons. The third-order valence-electron chi connectivity index (χ3n) is 4.57. The molecule has 2 aromatic rings. The van der Waals surface area contributed by atoms with Crippen molar-refractivity contribution in [1.82, 2.24) is 15.2 Å². The maximum atomic E-state index is 6.35. The van der Waals surface area contributed by atoms with Gasteiger partial charge >= 0.3 is 0 Å². The molecule has 1 heterocycles. The van der Waals surface area contributed by atoms with Gasteiger partial charge in [0, 0.05) is 24.6 Å². The van der Waals surface area contributed by atoms with Crippen molar-refractivity contribution >= 4 is 11.6 Å². The molecule has 21 heavy (non-hydrogen) atoms. The highest BCUT2D eigenvalue weighted by molar-refractivity contribution is 6.30. The lowest BCUT2D eigenvalue weighted by molar-refractivity contribution is 0.434. The van der Waals surface area contributed by atoms with Crippen molar-refractivity contribution < 1.29 is 0 Å². The molecular formula is C16H21ClN4. The highest BCUT2D eigenvalue weighted by atomic mass is 35.5. The Labute approximate surface area is 130 Å². The van der Waals surface area contributed by atoms with Crippen LogP contribution in [0.3, 0.4) is 0 Å². The van der Waals surface area contributed by atoms with Crippen LogP contribution in [-0.2, 0) is 19.9 Å². The Morgan fingerprint density at radius 3 is 2.90 bits per heavy atom. The van der Waals surface area contributed by atoms with Gasteiger partial charge in [0.15, 0.2) is 0 Å². The third-order valence-corrected chi connectivity index (χ3v) is 5.05. The number of benzene rings is 1. The summed E-state index contributed by atoms with van der Waals surface area (Å²) in [5, 5.41) is 5.09. The van der Waals surface area contributed by atoms with Gasteiger partial charge < -0.3 is 0 Å². The van der Waals surface area contributed by atoms with E-state index in [9.17, 15) is 0 Å². The number of nitrogens with zero attached hydrogens (tertiary/aromatic N) is 2.